The van der Waals surface area contributed by atoms with Crippen LogP contribution in [-0.2, 0) is 22.6 Å². The quantitative estimate of drug-likeness (QED) is 0.817. The van der Waals surface area contributed by atoms with E-state index in [2.05, 4.69) is 21.8 Å². The van der Waals surface area contributed by atoms with E-state index in [0.29, 0.717) is 25.8 Å². The first-order chi connectivity index (χ1) is 11.6. The lowest BCUT2D eigenvalue weighted by atomic mass is 9.66. The maximum absolute atomic E-state index is 12.1. The van der Waals surface area contributed by atoms with Gasteiger partial charge in [-0.05, 0) is 31.9 Å². The molecule has 1 aromatic carbocycles. The maximum atomic E-state index is 12.1. The molecule has 0 unspecified atom stereocenters. The number of carboxylic acid groups (broad SMARTS) is 1. The lowest BCUT2D eigenvalue weighted by molar-refractivity contribution is -0.157. The van der Waals surface area contributed by atoms with Gasteiger partial charge in [-0.25, -0.2) is 4.98 Å². The number of nitrogens with zero attached hydrogens (tertiary/aromatic N) is 2. The number of amides is 1. The van der Waals surface area contributed by atoms with Gasteiger partial charge in [-0.15, -0.1) is 0 Å². The van der Waals surface area contributed by atoms with Crippen molar-refractivity contribution in [3.63, 3.8) is 0 Å². The third-order valence-corrected chi connectivity index (χ3v) is 4.98. The third kappa shape index (κ3) is 3.00. The number of benzene rings is 1. The summed E-state index contributed by atoms with van der Waals surface area (Å²) in [6.07, 6.45) is 2.80. The lowest BCUT2D eigenvalue weighted by Gasteiger charge is -2.36. The smallest absolute Gasteiger partial charge is 0.310 e. The number of carbonyl (C=O) groups excluding carboxylic acids is 1. The molecule has 1 amide bonds. The maximum Gasteiger partial charge on any atom is 0.310 e. The van der Waals surface area contributed by atoms with Crippen LogP contribution in [0.5, 0.6) is 0 Å². The van der Waals surface area contributed by atoms with Crippen LogP contribution in [0.1, 0.15) is 38.4 Å². The van der Waals surface area contributed by atoms with Crippen LogP contribution in [0.25, 0.3) is 11.0 Å². The topological polar surface area (TPSA) is 84.2 Å². The third-order valence-electron chi connectivity index (χ3n) is 4.98. The molecular formula is C18H23N3O3. The second-order valence-electron chi connectivity index (χ2n) is 6.48. The highest BCUT2D eigenvalue weighted by molar-refractivity contribution is 5.85. The van der Waals surface area contributed by atoms with Crippen molar-refractivity contribution in [1.29, 1.82) is 0 Å². The standard InChI is InChI=1S/C18H23N3O3/c1-2-21-14-7-4-3-6-13(14)20-15(21)8-11-19-16(22)12-18(17(23)24)9-5-10-18/h3-4,6-7H,2,5,8-12H2,1H3,(H,19,22)(H,23,24). The zero-order valence-corrected chi connectivity index (χ0v) is 13.9. The molecule has 1 aliphatic rings. The molecule has 0 saturated heterocycles. The second-order valence-corrected chi connectivity index (χ2v) is 6.48. The molecule has 0 aliphatic heterocycles. The predicted octanol–water partition coefficient (Wildman–Crippen LogP) is 2.36. The Morgan fingerprint density at radius 1 is 1.33 bits per heavy atom. The zero-order chi connectivity index (χ0) is 17.2. The summed E-state index contributed by atoms with van der Waals surface area (Å²) in [4.78, 5) is 28.0. The van der Waals surface area contributed by atoms with Crippen LogP contribution in [0, 0.1) is 5.41 Å². The summed E-state index contributed by atoms with van der Waals surface area (Å²) < 4.78 is 2.15. The molecule has 128 valence electrons. The van der Waals surface area contributed by atoms with E-state index in [4.69, 9.17) is 0 Å². The summed E-state index contributed by atoms with van der Waals surface area (Å²) in [7, 11) is 0. The van der Waals surface area contributed by atoms with Gasteiger partial charge in [0, 0.05) is 25.9 Å². The number of aromatic nitrogens is 2. The molecule has 2 aromatic rings. The molecule has 2 N–H and O–H groups in total. The summed E-state index contributed by atoms with van der Waals surface area (Å²) in [6, 6.07) is 7.98. The van der Waals surface area contributed by atoms with Crippen molar-refractivity contribution in [2.24, 2.45) is 5.41 Å². The molecular weight excluding hydrogens is 306 g/mol. The number of hydrogen-bond acceptors (Lipinski definition) is 3. The number of rotatable bonds is 7. The van der Waals surface area contributed by atoms with Gasteiger partial charge in [0.25, 0.3) is 0 Å². The highest BCUT2D eigenvalue weighted by atomic mass is 16.4. The van der Waals surface area contributed by atoms with Crippen LogP contribution in [-0.4, -0.2) is 33.1 Å². The highest BCUT2D eigenvalue weighted by Crippen LogP contribution is 2.44. The minimum absolute atomic E-state index is 0.0759. The number of para-hydroxylation sites is 2. The van der Waals surface area contributed by atoms with E-state index in [-0.39, 0.29) is 12.3 Å². The molecule has 24 heavy (non-hydrogen) atoms. The molecule has 6 heteroatoms. The van der Waals surface area contributed by atoms with Crippen LogP contribution in [0.3, 0.4) is 0 Å². The molecule has 0 radical (unpaired) electrons. The lowest BCUT2D eigenvalue weighted by Crippen LogP contribution is -2.42. The first-order valence-electron chi connectivity index (χ1n) is 8.50. The number of fused-ring (bicyclic) bond motifs is 1. The molecule has 1 saturated carbocycles. The van der Waals surface area contributed by atoms with Crippen molar-refractivity contribution in [2.75, 3.05) is 6.54 Å². The van der Waals surface area contributed by atoms with Crippen LogP contribution in [0.4, 0.5) is 0 Å². The average molecular weight is 329 g/mol. The van der Waals surface area contributed by atoms with Crippen LogP contribution < -0.4 is 5.32 Å². The van der Waals surface area contributed by atoms with Crippen LogP contribution >= 0.6 is 0 Å². The summed E-state index contributed by atoms with van der Waals surface area (Å²) in [5, 5.41) is 12.1. The molecule has 0 spiro atoms. The van der Waals surface area contributed by atoms with Crippen molar-refractivity contribution in [3.8, 4) is 0 Å². The monoisotopic (exact) mass is 329 g/mol. The van der Waals surface area contributed by atoms with E-state index in [1.165, 1.54) is 0 Å². The van der Waals surface area contributed by atoms with Gasteiger partial charge < -0.3 is 15.0 Å². The summed E-state index contributed by atoms with van der Waals surface area (Å²) in [5.41, 5.74) is 1.22. The minimum Gasteiger partial charge on any atom is -0.481 e. The van der Waals surface area contributed by atoms with Gasteiger partial charge in [0.1, 0.15) is 5.82 Å². The Bertz CT molecular complexity index is 762. The Hall–Kier alpha value is -2.37. The predicted molar refractivity (Wildman–Crippen MR) is 90.7 cm³/mol. The van der Waals surface area contributed by atoms with E-state index in [9.17, 15) is 14.7 Å². The normalized spacial score (nSPS) is 15.9. The number of carbonyl (C=O) groups is 2. The van der Waals surface area contributed by atoms with Gasteiger partial charge >= 0.3 is 5.97 Å². The number of carboxylic acids is 1. The zero-order valence-electron chi connectivity index (χ0n) is 13.9. The SMILES string of the molecule is CCn1c(CCNC(=O)CC2(C(=O)O)CCC2)nc2ccccc21. The fourth-order valence-corrected chi connectivity index (χ4v) is 3.42. The molecule has 3 rings (SSSR count). The molecule has 1 aliphatic carbocycles. The summed E-state index contributed by atoms with van der Waals surface area (Å²) in [5.74, 6) is -0.0940. The highest BCUT2D eigenvalue weighted by Gasteiger charge is 2.45. The van der Waals surface area contributed by atoms with E-state index in [0.717, 1.165) is 29.8 Å². The van der Waals surface area contributed by atoms with Gasteiger partial charge in [-0.1, -0.05) is 18.6 Å². The number of imidazole rings is 1. The first kappa shape index (κ1) is 16.5. The Morgan fingerprint density at radius 2 is 2.08 bits per heavy atom. The Balaban J connectivity index is 1.58. The van der Waals surface area contributed by atoms with Crippen molar-refractivity contribution in [3.05, 3.63) is 30.1 Å². The molecule has 1 heterocycles. The largest absolute Gasteiger partial charge is 0.481 e. The minimum atomic E-state index is -0.850. The van der Waals surface area contributed by atoms with Crippen LogP contribution in [0.15, 0.2) is 24.3 Å². The summed E-state index contributed by atoms with van der Waals surface area (Å²) >= 11 is 0. The molecule has 0 bridgehead atoms. The van der Waals surface area contributed by atoms with Crippen molar-refractivity contribution < 1.29 is 14.7 Å². The first-order valence-corrected chi connectivity index (χ1v) is 8.50. The van der Waals surface area contributed by atoms with Crippen molar-refractivity contribution >= 4 is 22.9 Å². The molecule has 1 fully saturated rings. The van der Waals surface area contributed by atoms with Gasteiger partial charge in [-0.2, -0.15) is 0 Å². The molecule has 1 aromatic heterocycles. The van der Waals surface area contributed by atoms with E-state index in [1.54, 1.807) is 0 Å². The fourth-order valence-electron chi connectivity index (χ4n) is 3.42. The van der Waals surface area contributed by atoms with E-state index < -0.39 is 11.4 Å². The number of aliphatic carboxylic acids is 1. The Morgan fingerprint density at radius 3 is 2.71 bits per heavy atom. The van der Waals surface area contributed by atoms with Crippen molar-refractivity contribution in [1.82, 2.24) is 14.9 Å². The van der Waals surface area contributed by atoms with Gasteiger partial charge in [-0.3, -0.25) is 9.59 Å². The molecule has 0 atom stereocenters. The van der Waals surface area contributed by atoms with Crippen molar-refractivity contribution in [2.45, 2.75) is 45.6 Å². The number of aryl methyl sites for hydroxylation is 1. The van der Waals surface area contributed by atoms with Gasteiger partial charge in [0.15, 0.2) is 0 Å². The number of hydrogen-bond donors (Lipinski definition) is 2. The Labute approximate surface area is 140 Å². The molecule has 6 nitrogen and oxygen atoms in total. The van der Waals surface area contributed by atoms with E-state index >= 15 is 0 Å². The van der Waals surface area contributed by atoms with Gasteiger partial charge in [0.2, 0.25) is 5.91 Å². The van der Waals surface area contributed by atoms with Gasteiger partial charge in [0.05, 0.1) is 16.4 Å². The van der Waals surface area contributed by atoms with E-state index in [1.807, 2.05) is 24.3 Å². The Kier molecular flexibility index (Phi) is 4.55. The second kappa shape index (κ2) is 6.63. The number of nitrogens with one attached hydrogen (secondary N) is 1. The summed E-state index contributed by atoms with van der Waals surface area (Å²) in [6.45, 7) is 3.37. The van der Waals surface area contributed by atoms with Crippen LogP contribution in [0.2, 0.25) is 0 Å². The fraction of sp³-hybridized carbons (Fsp3) is 0.500. The average Bonchev–Trinajstić information content (AvgIpc) is 2.88.